The molecule has 0 aliphatic rings. The molecule has 0 radical (unpaired) electrons. The highest BCUT2D eigenvalue weighted by Crippen LogP contribution is 2.40. The molecule has 2 amide bonds. The average molecular weight is 420 g/mol. The van der Waals surface area contributed by atoms with E-state index in [9.17, 15) is 22.8 Å². The molecule has 0 aliphatic carbocycles. The summed E-state index contributed by atoms with van der Waals surface area (Å²) in [4.78, 5) is 28.1. The van der Waals surface area contributed by atoms with Crippen molar-refractivity contribution in [2.75, 3.05) is 10.6 Å². The summed E-state index contributed by atoms with van der Waals surface area (Å²) in [5.41, 5.74) is -2.47. The summed E-state index contributed by atoms with van der Waals surface area (Å²) in [6, 6.07) is 1.73. The SMILES string of the molecule is CC(C)(C)CC(=O)Nc1c(Cl)cc(C(=O)Nc2nccs2)cc1C(F)(F)F. The molecule has 0 bridgehead atoms. The van der Waals surface area contributed by atoms with Gasteiger partial charge in [0, 0.05) is 23.6 Å². The van der Waals surface area contributed by atoms with Gasteiger partial charge in [-0.05, 0) is 17.5 Å². The van der Waals surface area contributed by atoms with Crippen LogP contribution in [-0.4, -0.2) is 16.8 Å². The summed E-state index contributed by atoms with van der Waals surface area (Å²) >= 11 is 7.10. The van der Waals surface area contributed by atoms with Gasteiger partial charge in [-0.3, -0.25) is 14.9 Å². The lowest BCUT2D eigenvalue weighted by molar-refractivity contribution is -0.137. The molecule has 2 aromatic rings. The predicted octanol–water partition coefficient (Wildman–Crippen LogP) is 5.44. The number of rotatable bonds is 4. The molecule has 2 rings (SSSR count). The van der Waals surface area contributed by atoms with Crippen LogP contribution in [0.15, 0.2) is 23.7 Å². The Morgan fingerprint density at radius 3 is 2.37 bits per heavy atom. The number of carbonyl (C=O) groups is 2. The normalized spacial score (nSPS) is 12.0. The first kappa shape index (κ1) is 21.2. The fourth-order valence-electron chi connectivity index (χ4n) is 2.21. The zero-order valence-corrected chi connectivity index (χ0v) is 16.3. The third-order valence-electron chi connectivity index (χ3n) is 3.27. The molecule has 0 atom stereocenters. The van der Waals surface area contributed by atoms with Crippen molar-refractivity contribution in [3.05, 3.63) is 39.9 Å². The van der Waals surface area contributed by atoms with E-state index in [0.29, 0.717) is 6.07 Å². The number of hydrogen-bond acceptors (Lipinski definition) is 4. The molecule has 0 aliphatic heterocycles. The summed E-state index contributed by atoms with van der Waals surface area (Å²) in [5.74, 6) is -1.39. The molecule has 0 fully saturated rings. The highest BCUT2D eigenvalue weighted by atomic mass is 35.5. The van der Waals surface area contributed by atoms with E-state index in [1.165, 1.54) is 6.20 Å². The van der Waals surface area contributed by atoms with Crippen LogP contribution in [0.2, 0.25) is 5.02 Å². The van der Waals surface area contributed by atoms with Crippen LogP contribution in [0.25, 0.3) is 0 Å². The van der Waals surface area contributed by atoms with E-state index in [1.807, 2.05) is 0 Å². The Kier molecular flexibility index (Phi) is 6.16. The molecule has 146 valence electrons. The van der Waals surface area contributed by atoms with Crippen molar-refractivity contribution in [3.8, 4) is 0 Å². The summed E-state index contributed by atoms with van der Waals surface area (Å²) in [7, 11) is 0. The van der Waals surface area contributed by atoms with Crippen LogP contribution in [-0.2, 0) is 11.0 Å². The number of aromatic nitrogens is 1. The van der Waals surface area contributed by atoms with Gasteiger partial charge in [0.05, 0.1) is 16.3 Å². The molecule has 2 N–H and O–H groups in total. The zero-order chi connectivity index (χ0) is 20.4. The molecule has 10 heteroatoms. The Morgan fingerprint density at radius 2 is 1.85 bits per heavy atom. The van der Waals surface area contributed by atoms with Crippen molar-refractivity contribution in [3.63, 3.8) is 0 Å². The minimum absolute atomic E-state index is 0.00686. The number of nitrogens with zero attached hydrogens (tertiary/aromatic N) is 1. The molecule has 0 spiro atoms. The maximum Gasteiger partial charge on any atom is 0.418 e. The van der Waals surface area contributed by atoms with E-state index in [4.69, 9.17) is 11.6 Å². The molecule has 1 aromatic carbocycles. The fraction of sp³-hybridized carbons (Fsp3) is 0.353. The lowest BCUT2D eigenvalue weighted by atomic mass is 9.92. The molecule has 27 heavy (non-hydrogen) atoms. The summed E-state index contributed by atoms with van der Waals surface area (Å²) in [5, 5.41) is 6.08. The summed E-state index contributed by atoms with van der Waals surface area (Å²) in [6.45, 7) is 5.35. The van der Waals surface area contributed by atoms with Crippen LogP contribution < -0.4 is 10.6 Å². The highest BCUT2D eigenvalue weighted by Gasteiger charge is 2.36. The smallest absolute Gasteiger partial charge is 0.324 e. The van der Waals surface area contributed by atoms with Gasteiger partial charge in [-0.15, -0.1) is 11.3 Å². The second-order valence-corrected chi connectivity index (χ2v) is 8.26. The quantitative estimate of drug-likeness (QED) is 0.692. The van der Waals surface area contributed by atoms with Crippen LogP contribution in [0.1, 0.15) is 43.1 Å². The van der Waals surface area contributed by atoms with E-state index in [0.717, 1.165) is 17.4 Å². The van der Waals surface area contributed by atoms with E-state index >= 15 is 0 Å². The van der Waals surface area contributed by atoms with E-state index in [2.05, 4.69) is 15.6 Å². The molecule has 1 aromatic heterocycles. The third kappa shape index (κ3) is 5.93. The molecule has 0 saturated carbocycles. The standard InChI is InChI=1S/C17H17ClF3N3O2S/c1-16(2,3)8-12(25)23-13-10(17(19,20)21)6-9(7-11(13)18)14(26)24-15-22-4-5-27-15/h4-7H,8H2,1-3H3,(H,23,25)(H,22,24,26). The van der Waals surface area contributed by atoms with Gasteiger partial charge >= 0.3 is 6.18 Å². The Hall–Kier alpha value is -2.13. The van der Waals surface area contributed by atoms with Gasteiger partial charge in [0.1, 0.15) is 0 Å². The highest BCUT2D eigenvalue weighted by molar-refractivity contribution is 7.13. The van der Waals surface area contributed by atoms with Crippen molar-refractivity contribution >= 4 is 45.6 Å². The van der Waals surface area contributed by atoms with Crippen molar-refractivity contribution in [1.29, 1.82) is 0 Å². The van der Waals surface area contributed by atoms with Crippen LogP contribution in [0.5, 0.6) is 0 Å². The van der Waals surface area contributed by atoms with Crippen LogP contribution in [0.3, 0.4) is 0 Å². The lowest BCUT2D eigenvalue weighted by Gasteiger charge is -2.20. The second kappa shape index (κ2) is 7.85. The maximum absolute atomic E-state index is 13.5. The van der Waals surface area contributed by atoms with Gasteiger partial charge in [0.25, 0.3) is 5.91 Å². The van der Waals surface area contributed by atoms with E-state index < -0.39 is 34.7 Å². The van der Waals surface area contributed by atoms with Crippen molar-refractivity contribution in [2.45, 2.75) is 33.4 Å². The average Bonchev–Trinajstić information content (AvgIpc) is 2.98. The van der Waals surface area contributed by atoms with E-state index in [1.54, 1.807) is 26.2 Å². The van der Waals surface area contributed by atoms with E-state index in [-0.39, 0.29) is 22.1 Å². The first-order chi connectivity index (χ1) is 12.4. The third-order valence-corrected chi connectivity index (χ3v) is 4.25. The number of halogens is 4. The van der Waals surface area contributed by atoms with Gasteiger partial charge < -0.3 is 5.32 Å². The van der Waals surface area contributed by atoms with Crippen LogP contribution >= 0.6 is 22.9 Å². The van der Waals surface area contributed by atoms with Gasteiger partial charge in [0.15, 0.2) is 5.13 Å². The molecule has 1 heterocycles. The number of carbonyl (C=O) groups excluding carboxylic acids is 2. The van der Waals surface area contributed by atoms with Crippen molar-refractivity contribution in [1.82, 2.24) is 4.98 Å². The van der Waals surface area contributed by atoms with Crippen molar-refractivity contribution in [2.24, 2.45) is 5.41 Å². The Morgan fingerprint density at radius 1 is 1.19 bits per heavy atom. The number of benzene rings is 1. The Labute approximate surface area is 162 Å². The summed E-state index contributed by atoms with van der Waals surface area (Å²) in [6.07, 6.45) is -3.36. The number of amides is 2. The molecule has 5 nitrogen and oxygen atoms in total. The van der Waals surface area contributed by atoms with Gasteiger partial charge in [0.2, 0.25) is 5.91 Å². The fourth-order valence-corrected chi connectivity index (χ4v) is 3.00. The Balaban J connectivity index is 2.37. The molecular weight excluding hydrogens is 403 g/mol. The maximum atomic E-state index is 13.5. The topological polar surface area (TPSA) is 71.1 Å². The van der Waals surface area contributed by atoms with Gasteiger partial charge in [-0.1, -0.05) is 32.4 Å². The monoisotopic (exact) mass is 419 g/mol. The number of anilines is 2. The first-order valence-corrected chi connectivity index (χ1v) is 9.04. The van der Waals surface area contributed by atoms with Gasteiger partial charge in [-0.2, -0.15) is 13.2 Å². The van der Waals surface area contributed by atoms with Gasteiger partial charge in [-0.25, -0.2) is 4.98 Å². The number of thiazole rings is 1. The second-order valence-electron chi connectivity index (χ2n) is 6.96. The van der Waals surface area contributed by atoms with Crippen LogP contribution in [0, 0.1) is 5.41 Å². The largest absolute Gasteiger partial charge is 0.418 e. The van der Waals surface area contributed by atoms with Crippen LogP contribution in [0.4, 0.5) is 24.0 Å². The summed E-state index contributed by atoms with van der Waals surface area (Å²) < 4.78 is 40.5. The minimum Gasteiger partial charge on any atom is -0.324 e. The zero-order valence-electron chi connectivity index (χ0n) is 14.7. The molecular formula is C17H17ClF3N3O2S. The van der Waals surface area contributed by atoms with Crippen molar-refractivity contribution < 1.29 is 22.8 Å². The number of alkyl halides is 3. The number of nitrogens with one attached hydrogen (secondary N) is 2. The first-order valence-electron chi connectivity index (χ1n) is 7.78. The minimum atomic E-state index is -4.81. The number of hydrogen-bond donors (Lipinski definition) is 2. The lowest BCUT2D eigenvalue weighted by Crippen LogP contribution is -2.22. The Bertz CT molecular complexity index is 846. The molecule has 0 unspecified atom stereocenters. The molecule has 0 saturated heterocycles. The predicted molar refractivity (Wildman–Crippen MR) is 99.2 cm³/mol.